The summed E-state index contributed by atoms with van der Waals surface area (Å²) in [7, 11) is 0. The summed E-state index contributed by atoms with van der Waals surface area (Å²) in [6.07, 6.45) is 5.33. The normalized spacial score (nSPS) is 12.1. The monoisotopic (exact) mass is 298 g/mol. The SMILES string of the molecule is CC(Nc1ccc(Cl)cn1)c1ccc(-n2cccn2)cc1. The number of benzene rings is 1. The van der Waals surface area contributed by atoms with E-state index in [9.17, 15) is 0 Å². The van der Waals surface area contributed by atoms with E-state index in [4.69, 9.17) is 11.6 Å². The number of aromatic nitrogens is 3. The maximum absolute atomic E-state index is 5.83. The van der Waals surface area contributed by atoms with E-state index in [-0.39, 0.29) is 6.04 Å². The number of halogens is 1. The van der Waals surface area contributed by atoms with Crippen LogP contribution in [-0.2, 0) is 0 Å². The van der Waals surface area contributed by atoms with Crippen LogP contribution in [-0.4, -0.2) is 14.8 Å². The molecular weight excluding hydrogens is 284 g/mol. The lowest BCUT2D eigenvalue weighted by atomic mass is 10.1. The van der Waals surface area contributed by atoms with Gasteiger partial charge in [-0.2, -0.15) is 5.10 Å². The summed E-state index contributed by atoms with van der Waals surface area (Å²) >= 11 is 5.83. The highest BCUT2D eigenvalue weighted by atomic mass is 35.5. The number of hydrogen-bond acceptors (Lipinski definition) is 3. The number of pyridine rings is 1. The number of hydrogen-bond donors (Lipinski definition) is 1. The molecule has 1 N–H and O–H groups in total. The van der Waals surface area contributed by atoms with Crippen LogP contribution in [0.2, 0.25) is 5.02 Å². The van der Waals surface area contributed by atoms with E-state index in [2.05, 4.69) is 46.6 Å². The van der Waals surface area contributed by atoms with Gasteiger partial charge in [-0.3, -0.25) is 0 Å². The van der Waals surface area contributed by atoms with E-state index in [1.807, 2.05) is 29.1 Å². The average Bonchev–Trinajstić information content (AvgIpc) is 3.04. The quantitative estimate of drug-likeness (QED) is 0.789. The standard InChI is InChI=1S/C16H15ClN4/c1-12(20-16-8-5-14(17)11-18-16)13-3-6-15(7-4-13)21-10-2-9-19-21/h2-12H,1H3,(H,18,20). The van der Waals surface area contributed by atoms with Gasteiger partial charge in [0.25, 0.3) is 0 Å². The van der Waals surface area contributed by atoms with E-state index in [0.717, 1.165) is 11.5 Å². The lowest BCUT2D eigenvalue weighted by Gasteiger charge is -2.15. The smallest absolute Gasteiger partial charge is 0.126 e. The average molecular weight is 299 g/mol. The highest BCUT2D eigenvalue weighted by Crippen LogP contribution is 2.20. The second-order valence-electron chi connectivity index (χ2n) is 4.77. The second-order valence-corrected chi connectivity index (χ2v) is 5.21. The van der Waals surface area contributed by atoms with Crippen LogP contribution in [0.4, 0.5) is 5.82 Å². The molecule has 3 rings (SSSR count). The van der Waals surface area contributed by atoms with E-state index in [0.29, 0.717) is 5.02 Å². The molecule has 1 aromatic carbocycles. The van der Waals surface area contributed by atoms with Crippen LogP contribution >= 0.6 is 11.6 Å². The van der Waals surface area contributed by atoms with Gasteiger partial charge in [-0.15, -0.1) is 0 Å². The Morgan fingerprint density at radius 3 is 2.57 bits per heavy atom. The van der Waals surface area contributed by atoms with Crippen molar-refractivity contribution >= 4 is 17.4 Å². The largest absolute Gasteiger partial charge is 0.364 e. The molecule has 0 aliphatic heterocycles. The molecule has 21 heavy (non-hydrogen) atoms. The topological polar surface area (TPSA) is 42.7 Å². The minimum Gasteiger partial charge on any atom is -0.364 e. The lowest BCUT2D eigenvalue weighted by Crippen LogP contribution is -2.08. The van der Waals surface area contributed by atoms with Gasteiger partial charge in [0.05, 0.1) is 10.7 Å². The molecule has 0 aliphatic carbocycles. The molecular formula is C16H15ClN4. The molecule has 2 aromatic heterocycles. The maximum atomic E-state index is 5.83. The zero-order valence-electron chi connectivity index (χ0n) is 11.6. The summed E-state index contributed by atoms with van der Waals surface area (Å²) in [4.78, 5) is 4.24. The van der Waals surface area contributed by atoms with Crippen molar-refractivity contribution in [1.29, 1.82) is 0 Å². The molecule has 106 valence electrons. The minimum absolute atomic E-state index is 0.158. The van der Waals surface area contributed by atoms with E-state index in [1.165, 1.54) is 5.56 Å². The van der Waals surface area contributed by atoms with Gasteiger partial charge in [0.1, 0.15) is 5.82 Å². The predicted octanol–water partition coefficient (Wildman–Crippen LogP) is 4.09. The van der Waals surface area contributed by atoms with Crippen LogP contribution in [0, 0.1) is 0 Å². The van der Waals surface area contributed by atoms with E-state index < -0.39 is 0 Å². The zero-order valence-corrected chi connectivity index (χ0v) is 12.3. The second kappa shape index (κ2) is 5.97. The third-order valence-electron chi connectivity index (χ3n) is 3.25. The molecule has 1 atom stereocenters. The third kappa shape index (κ3) is 3.23. The van der Waals surface area contributed by atoms with Gasteiger partial charge in [-0.25, -0.2) is 9.67 Å². The number of rotatable bonds is 4. The van der Waals surface area contributed by atoms with Crippen molar-refractivity contribution in [3.8, 4) is 5.69 Å². The first-order valence-electron chi connectivity index (χ1n) is 6.70. The third-order valence-corrected chi connectivity index (χ3v) is 3.48. The van der Waals surface area contributed by atoms with Gasteiger partial charge in [0.2, 0.25) is 0 Å². The van der Waals surface area contributed by atoms with Gasteiger partial charge < -0.3 is 5.32 Å². The summed E-state index contributed by atoms with van der Waals surface area (Å²) in [5.41, 5.74) is 2.23. The first-order valence-corrected chi connectivity index (χ1v) is 7.08. The number of nitrogens with zero attached hydrogens (tertiary/aromatic N) is 3. The van der Waals surface area contributed by atoms with Gasteiger partial charge >= 0.3 is 0 Å². The molecule has 0 aliphatic rings. The van der Waals surface area contributed by atoms with Gasteiger partial charge in [-0.1, -0.05) is 23.7 Å². The molecule has 0 bridgehead atoms. The first-order chi connectivity index (χ1) is 10.2. The first kappa shape index (κ1) is 13.6. The van der Waals surface area contributed by atoms with Crippen molar-refractivity contribution in [2.24, 2.45) is 0 Å². The van der Waals surface area contributed by atoms with Gasteiger partial charge in [0, 0.05) is 24.6 Å². The highest BCUT2D eigenvalue weighted by Gasteiger charge is 2.06. The van der Waals surface area contributed by atoms with Crippen LogP contribution in [0.3, 0.4) is 0 Å². The molecule has 4 nitrogen and oxygen atoms in total. The minimum atomic E-state index is 0.158. The predicted molar refractivity (Wildman–Crippen MR) is 84.8 cm³/mol. The fraction of sp³-hybridized carbons (Fsp3) is 0.125. The lowest BCUT2D eigenvalue weighted by molar-refractivity contribution is 0.859. The molecule has 0 saturated heterocycles. The highest BCUT2D eigenvalue weighted by molar-refractivity contribution is 6.30. The van der Waals surface area contributed by atoms with Crippen LogP contribution in [0.5, 0.6) is 0 Å². The Balaban J connectivity index is 1.73. The van der Waals surface area contributed by atoms with Crippen LogP contribution < -0.4 is 5.32 Å². The van der Waals surface area contributed by atoms with Gasteiger partial charge in [0.15, 0.2) is 0 Å². The molecule has 3 aromatic rings. The Morgan fingerprint density at radius 2 is 1.95 bits per heavy atom. The van der Waals surface area contributed by atoms with Crippen LogP contribution in [0.25, 0.3) is 5.69 Å². The molecule has 0 radical (unpaired) electrons. The summed E-state index contributed by atoms with van der Waals surface area (Å²) in [6, 6.07) is 14.0. The molecule has 0 saturated carbocycles. The summed E-state index contributed by atoms with van der Waals surface area (Å²) in [5, 5.41) is 8.20. The molecule has 0 amide bonds. The Bertz CT molecular complexity index is 690. The fourth-order valence-corrected chi connectivity index (χ4v) is 2.22. The summed E-state index contributed by atoms with van der Waals surface area (Å²) in [6.45, 7) is 2.10. The molecule has 0 fully saturated rings. The van der Waals surface area contributed by atoms with Crippen LogP contribution in [0.1, 0.15) is 18.5 Å². The van der Waals surface area contributed by atoms with Crippen molar-refractivity contribution in [3.05, 3.63) is 71.6 Å². The molecule has 2 heterocycles. The maximum Gasteiger partial charge on any atom is 0.126 e. The Kier molecular flexibility index (Phi) is 3.88. The Hall–Kier alpha value is -2.33. The van der Waals surface area contributed by atoms with Crippen molar-refractivity contribution in [2.75, 3.05) is 5.32 Å². The Morgan fingerprint density at radius 1 is 1.14 bits per heavy atom. The number of nitrogens with one attached hydrogen (secondary N) is 1. The van der Waals surface area contributed by atoms with Gasteiger partial charge in [-0.05, 0) is 42.8 Å². The molecule has 5 heteroatoms. The summed E-state index contributed by atoms with van der Waals surface area (Å²) in [5.74, 6) is 0.808. The van der Waals surface area contributed by atoms with Crippen molar-refractivity contribution in [3.63, 3.8) is 0 Å². The van der Waals surface area contributed by atoms with Crippen molar-refractivity contribution in [2.45, 2.75) is 13.0 Å². The summed E-state index contributed by atoms with van der Waals surface area (Å²) < 4.78 is 1.84. The number of anilines is 1. The Labute approximate surface area is 128 Å². The molecule has 1 unspecified atom stereocenters. The zero-order chi connectivity index (χ0) is 14.7. The van der Waals surface area contributed by atoms with Crippen molar-refractivity contribution in [1.82, 2.24) is 14.8 Å². The van der Waals surface area contributed by atoms with E-state index >= 15 is 0 Å². The molecule has 0 spiro atoms. The van der Waals surface area contributed by atoms with E-state index in [1.54, 1.807) is 12.4 Å². The van der Waals surface area contributed by atoms with Crippen molar-refractivity contribution < 1.29 is 0 Å². The van der Waals surface area contributed by atoms with Crippen LogP contribution in [0.15, 0.2) is 61.1 Å². The fourth-order valence-electron chi connectivity index (χ4n) is 2.10.